The molecule has 4 nitrogen and oxygen atoms in total. The number of carbonyl (C=O) groups excluding carboxylic acids is 2. The molecule has 0 spiro atoms. The van der Waals surface area contributed by atoms with E-state index in [4.69, 9.17) is 0 Å². The molecule has 0 aromatic heterocycles. The second-order valence-electron chi connectivity index (χ2n) is 5.56. The Balaban J connectivity index is 1.67. The first kappa shape index (κ1) is 17.8. The lowest BCUT2D eigenvalue weighted by molar-refractivity contribution is -0.116. The van der Waals surface area contributed by atoms with Crippen LogP contribution in [0.25, 0.3) is 0 Å². The minimum Gasteiger partial charge on any atom is -0.326 e. The Hall–Kier alpha value is -2.53. The molecular weight excluding hydrogens is 307 g/mol. The molecule has 126 valence electrons. The Morgan fingerprint density at radius 3 is 2.50 bits per heavy atom. The van der Waals surface area contributed by atoms with Crippen molar-refractivity contribution in [3.8, 4) is 0 Å². The zero-order valence-corrected chi connectivity index (χ0v) is 13.6. The number of carbonyl (C=O) groups is 2. The number of rotatable bonds is 8. The quantitative estimate of drug-likeness (QED) is 0.578. The van der Waals surface area contributed by atoms with E-state index in [1.165, 1.54) is 19.1 Å². The zero-order valence-electron chi connectivity index (χ0n) is 13.6. The Labute approximate surface area is 141 Å². The first-order chi connectivity index (χ1) is 11.5. The number of hydrogen-bond acceptors (Lipinski definition) is 3. The normalized spacial score (nSPS) is 10.4. The molecule has 0 saturated carbocycles. The van der Waals surface area contributed by atoms with Crippen LogP contribution < -0.4 is 10.6 Å². The molecule has 0 heterocycles. The van der Waals surface area contributed by atoms with Crippen LogP contribution in [-0.4, -0.2) is 24.8 Å². The fraction of sp³-hybridized carbons (Fsp3) is 0.263. The number of nitrogens with one attached hydrogen (secondary N) is 2. The lowest BCUT2D eigenvalue weighted by Crippen LogP contribution is -2.23. The minimum atomic E-state index is -0.239. The van der Waals surface area contributed by atoms with E-state index in [9.17, 15) is 14.0 Å². The molecule has 0 unspecified atom stereocenters. The highest BCUT2D eigenvalue weighted by Crippen LogP contribution is 2.11. The highest BCUT2D eigenvalue weighted by molar-refractivity contribution is 5.97. The predicted octanol–water partition coefficient (Wildman–Crippen LogP) is 3.19. The van der Waals surface area contributed by atoms with Crippen molar-refractivity contribution in [3.05, 3.63) is 65.5 Å². The molecule has 5 heteroatoms. The van der Waals surface area contributed by atoms with Crippen LogP contribution in [0, 0.1) is 5.82 Å². The third-order valence-electron chi connectivity index (χ3n) is 3.59. The second-order valence-corrected chi connectivity index (χ2v) is 5.56. The van der Waals surface area contributed by atoms with Gasteiger partial charge in [-0.2, -0.15) is 0 Å². The summed E-state index contributed by atoms with van der Waals surface area (Å²) in [5, 5.41) is 5.97. The maximum atomic E-state index is 12.8. The fourth-order valence-electron chi connectivity index (χ4n) is 2.25. The van der Waals surface area contributed by atoms with Crippen molar-refractivity contribution >= 4 is 17.4 Å². The third kappa shape index (κ3) is 5.93. The number of ketones is 1. The lowest BCUT2D eigenvalue weighted by Gasteiger charge is -2.07. The van der Waals surface area contributed by atoms with Gasteiger partial charge in [-0.1, -0.05) is 24.3 Å². The van der Waals surface area contributed by atoms with E-state index < -0.39 is 0 Å². The molecule has 0 bridgehead atoms. The number of anilines is 1. The van der Waals surface area contributed by atoms with Crippen molar-refractivity contribution in [1.29, 1.82) is 0 Å². The topological polar surface area (TPSA) is 58.2 Å². The van der Waals surface area contributed by atoms with Gasteiger partial charge in [0, 0.05) is 24.2 Å². The molecule has 0 aliphatic rings. The van der Waals surface area contributed by atoms with Crippen molar-refractivity contribution in [1.82, 2.24) is 5.32 Å². The molecule has 0 saturated heterocycles. The van der Waals surface area contributed by atoms with Crippen LogP contribution in [0.5, 0.6) is 0 Å². The summed E-state index contributed by atoms with van der Waals surface area (Å²) in [5.41, 5.74) is 2.25. The van der Waals surface area contributed by atoms with Crippen molar-refractivity contribution in [2.75, 3.05) is 18.4 Å². The van der Waals surface area contributed by atoms with Gasteiger partial charge in [0.2, 0.25) is 5.91 Å². The molecule has 2 aromatic carbocycles. The van der Waals surface area contributed by atoms with Crippen LogP contribution in [0.1, 0.15) is 29.3 Å². The number of benzene rings is 2. The number of Topliss-reactive ketones (excluding diaryl/α,β-unsaturated/α-hetero) is 1. The van der Waals surface area contributed by atoms with Gasteiger partial charge in [0.05, 0.1) is 0 Å². The van der Waals surface area contributed by atoms with Gasteiger partial charge < -0.3 is 10.6 Å². The van der Waals surface area contributed by atoms with Gasteiger partial charge in [0.25, 0.3) is 0 Å². The summed E-state index contributed by atoms with van der Waals surface area (Å²) in [4.78, 5) is 23.2. The summed E-state index contributed by atoms with van der Waals surface area (Å²) in [6, 6.07) is 13.3. The van der Waals surface area contributed by atoms with E-state index in [-0.39, 0.29) is 17.5 Å². The van der Waals surface area contributed by atoms with E-state index in [2.05, 4.69) is 10.6 Å². The second kappa shape index (κ2) is 8.93. The van der Waals surface area contributed by atoms with Crippen molar-refractivity contribution in [2.24, 2.45) is 0 Å². The smallest absolute Gasteiger partial charge is 0.225 e. The average Bonchev–Trinajstić information content (AvgIpc) is 2.56. The summed E-state index contributed by atoms with van der Waals surface area (Å²) < 4.78 is 12.8. The average molecular weight is 328 g/mol. The Bertz CT molecular complexity index is 699. The fourth-order valence-corrected chi connectivity index (χ4v) is 2.25. The molecule has 0 fully saturated rings. The van der Waals surface area contributed by atoms with Crippen molar-refractivity contribution in [2.45, 2.75) is 19.8 Å². The Morgan fingerprint density at radius 1 is 1.04 bits per heavy atom. The van der Waals surface area contributed by atoms with Gasteiger partial charge in [-0.15, -0.1) is 0 Å². The largest absolute Gasteiger partial charge is 0.326 e. The van der Waals surface area contributed by atoms with Crippen molar-refractivity contribution in [3.63, 3.8) is 0 Å². The monoisotopic (exact) mass is 328 g/mol. The third-order valence-corrected chi connectivity index (χ3v) is 3.59. The van der Waals surface area contributed by atoms with Gasteiger partial charge in [-0.05, 0) is 49.7 Å². The van der Waals surface area contributed by atoms with Crippen LogP contribution in [0.15, 0.2) is 48.5 Å². The lowest BCUT2D eigenvalue weighted by atomic mass is 10.1. The Kier molecular flexibility index (Phi) is 6.63. The standard InChI is InChI=1S/C19H21FN2O2/c1-14(23)16-3-2-4-18(13-16)22-19(24)10-12-21-11-9-15-5-7-17(20)8-6-15/h2-8,13,21H,9-12H2,1H3,(H,22,24). The molecule has 1 amide bonds. The van der Waals surface area contributed by atoms with Crippen LogP contribution >= 0.6 is 0 Å². The number of amides is 1. The molecule has 0 atom stereocenters. The molecule has 0 aliphatic carbocycles. The highest BCUT2D eigenvalue weighted by Gasteiger charge is 2.04. The van der Waals surface area contributed by atoms with Gasteiger partial charge in [0.15, 0.2) is 5.78 Å². The highest BCUT2D eigenvalue weighted by atomic mass is 19.1. The summed E-state index contributed by atoms with van der Waals surface area (Å²) in [6.45, 7) is 2.77. The van der Waals surface area contributed by atoms with E-state index in [1.807, 2.05) is 0 Å². The first-order valence-electron chi connectivity index (χ1n) is 7.90. The van der Waals surface area contributed by atoms with Crippen LogP contribution in [0.4, 0.5) is 10.1 Å². The zero-order chi connectivity index (χ0) is 17.4. The Morgan fingerprint density at radius 2 is 1.79 bits per heavy atom. The van der Waals surface area contributed by atoms with Crippen molar-refractivity contribution < 1.29 is 14.0 Å². The minimum absolute atomic E-state index is 0.0337. The molecule has 0 aliphatic heterocycles. The van der Waals surface area contributed by atoms with Gasteiger partial charge in [0.1, 0.15) is 5.82 Å². The van der Waals surface area contributed by atoms with Gasteiger partial charge >= 0.3 is 0 Å². The summed E-state index contributed by atoms with van der Waals surface area (Å²) >= 11 is 0. The summed E-state index contributed by atoms with van der Waals surface area (Å²) in [6.07, 6.45) is 1.12. The van der Waals surface area contributed by atoms with Gasteiger partial charge in [-0.25, -0.2) is 4.39 Å². The SMILES string of the molecule is CC(=O)c1cccc(NC(=O)CCNCCc2ccc(F)cc2)c1. The molecular formula is C19H21FN2O2. The van der Waals surface area contributed by atoms with E-state index in [1.54, 1.807) is 36.4 Å². The van der Waals surface area contributed by atoms with Crippen LogP contribution in [0.3, 0.4) is 0 Å². The number of hydrogen-bond donors (Lipinski definition) is 2. The summed E-state index contributed by atoms with van der Waals surface area (Å²) in [7, 11) is 0. The van der Waals surface area contributed by atoms with Crippen LogP contribution in [-0.2, 0) is 11.2 Å². The first-order valence-corrected chi connectivity index (χ1v) is 7.90. The van der Waals surface area contributed by atoms with E-state index in [0.29, 0.717) is 24.2 Å². The van der Waals surface area contributed by atoms with E-state index in [0.717, 1.165) is 18.5 Å². The molecule has 2 aromatic rings. The summed E-state index contributed by atoms with van der Waals surface area (Å²) in [5.74, 6) is -0.379. The van der Waals surface area contributed by atoms with Crippen LogP contribution in [0.2, 0.25) is 0 Å². The molecule has 2 rings (SSSR count). The number of halogens is 1. The molecule has 0 radical (unpaired) electrons. The maximum Gasteiger partial charge on any atom is 0.225 e. The predicted molar refractivity (Wildman–Crippen MR) is 92.7 cm³/mol. The van der Waals surface area contributed by atoms with E-state index >= 15 is 0 Å². The molecule has 24 heavy (non-hydrogen) atoms. The van der Waals surface area contributed by atoms with Gasteiger partial charge in [-0.3, -0.25) is 9.59 Å². The maximum absolute atomic E-state index is 12.8. The molecule has 2 N–H and O–H groups in total.